The molecule has 2 atom stereocenters. The summed E-state index contributed by atoms with van der Waals surface area (Å²) in [4.78, 5) is 13.0. The first-order valence-corrected chi connectivity index (χ1v) is 14.1. The minimum atomic E-state index is -4.22. The third-order valence-corrected chi connectivity index (χ3v) is 7.70. The molecule has 3 aromatic carbocycles. The van der Waals surface area contributed by atoms with Crippen LogP contribution in [-0.4, -0.2) is 64.8 Å². The van der Waals surface area contributed by atoms with E-state index < -0.39 is 28.1 Å². The number of nitrogens with one attached hydrogen (secondary N) is 1. The van der Waals surface area contributed by atoms with Gasteiger partial charge in [0.05, 0.1) is 31.0 Å². The topological polar surface area (TPSA) is 111 Å². The summed E-state index contributed by atoms with van der Waals surface area (Å²) in [5.74, 6) is 5.28. The van der Waals surface area contributed by atoms with Crippen LogP contribution in [0.25, 0.3) is 11.1 Å². The van der Waals surface area contributed by atoms with E-state index in [1.165, 1.54) is 24.9 Å². The van der Waals surface area contributed by atoms with Crippen LogP contribution in [0.2, 0.25) is 0 Å². The number of carbonyl (C=O) groups is 1. The Morgan fingerprint density at radius 3 is 2.32 bits per heavy atom. The Morgan fingerprint density at radius 2 is 1.66 bits per heavy atom. The molecule has 3 aromatic rings. The fraction of sp³-hybridized carbons (Fsp3) is 0.250. The SMILES string of the molecule is COCCO[C@@H](C(=O)O)[C@H](C#CCSc1ccccc1)NS(=O)(=O)c1ccccc1-c1ccc(OC)cc1. The number of sulfonamides is 1. The molecule has 0 unspecified atom stereocenters. The largest absolute Gasteiger partial charge is 0.497 e. The van der Waals surface area contributed by atoms with Gasteiger partial charge in [-0.1, -0.05) is 60.4 Å². The van der Waals surface area contributed by atoms with Gasteiger partial charge in [-0.05, 0) is 35.9 Å². The van der Waals surface area contributed by atoms with Crippen molar-refractivity contribution in [3.8, 4) is 28.7 Å². The standard InChI is InChI=1S/C28H29NO7S2/c1-34-18-19-36-27(28(30)31)25(12-8-20-37-23-9-4-3-5-10-23)29-38(32,33)26-13-7-6-11-24(26)21-14-16-22(35-2)17-15-21/h3-7,9-11,13-17,25,27,29H,18-20H2,1-2H3,(H,30,31)/t25-,27+/m0/s1. The van der Waals surface area contributed by atoms with E-state index in [-0.39, 0.29) is 18.1 Å². The summed E-state index contributed by atoms with van der Waals surface area (Å²) in [7, 11) is -1.22. The van der Waals surface area contributed by atoms with E-state index in [1.807, 2.05) is 30.3 Å². The maximum atomic E-state index is 13.6. The zero-order valence-electron chi connectivity index (χ0n) is 21.0. The quantitative estimate of drug-likeness (QED) is 0.186. The van der Waals surface area contributed by atoms with Gasteiger partial charge in [0.1, 0.15) is 11.8 Å². The first-order valence-electron chi connectivity index (χ1n) is 11.6. The molecular formula is C28H29NO7S2. The Kier molecular flexibility index (Phi) is 11.2. The van der Waals surface area contributed by atoms with Crippen molar-refractivity contribution >= 4 is 27.8 Å². The number of rotatable bonds is 13. The van der Waals surface area contributed by atoms with Crippen molar-refractivity contribution in [2.24, 2.45) is 0 Å². The lowest BCUT2D eigenvalue weighted by Gasteiger charge is -2.22. The molecule has 2 N–H and O–H groups in total. The lowest BCUT2D eigenvalue weighted by atomic mass is 10.1. The molecule has 38 heavy (non-hydrogen) atoms. The van der Waals surface area contributed by atoms with Gasteiger partial charge in [-0.15, -0.1) is 11.8 Å². The molecule has 0 saturated carbocycles. The summed E-state index contributed by atoms with van der Waals surface area (Å²) in [6.45, 7) is 0.0927. The van der Waals surface area contributed by atoms with Crippen LogP contribution in [-0.2, 0) is 24.3 Å². The Labute approximate surface area is 227 Å². The minimum Gasteiger partial charge on any atom is -0.497 e. The number of thioether (sulfide) groups is 1. The lowest BCUT2D eigenvalue weighted by molar-refractivity contribution is -0.151. The Hall–Kier alpha value is -3.33. The summed E-state index contributed by atoms with van der Waals surface area (Å²) >= 11 is 1.45. The normalized spacial score (nSPS) is 12.7. The van der Waals surface area contributed by atoms with E-state index >= 15 is 0 Å². The van der Waals surface area contributed by atoms with Gasteiger partial charge in [-0.25, -0.2) is 13.2 Å². The second kappa shape index (κ2) is 14.6. The number of aliphatic carboxylic acids is 1. The average Bonchev–Trinajstić information content (AvgIpc) is 2.93. The Bertz CT molecular complexity index is 1350. The number of hydrogen-bond acceptors (Lipinski definition) is 7. The van der Waals surface area contributed by atoms with Gasteiger partial charge in [0.2, 0.25) is 10.0 Å². The third kappa shape index (κ3) is 8.34. The Balaban J connectivity index is 1.91. The van der Waals surface area contributed by atoms with Gasteiger partial charge >= 0.3 is 5.97 Å². The second-order valence-corrected chi connectivity index (χ2v) is 10.6. The molecule has 0 bridgehead atoms. The fourth-order valence-corrected chi connectivity index (χ4v) is 5.51. The highest BCUT2D eigenvalue weighted by Crippen LogP contribution is 2.29. The molecular weight excluding hydrogens is 526 g/mol. The van der Waals surface area contributed by atoms with Gasteiger partial charge in [0, 0.05) is 17.6 Å². The molecule has 0 aliphatic rings. The van der Waals surface area contributed by atoms with Crippen LogP contribution >= 0.6 is 11.8 Å². The molecule has 10 heteroatoms. The van der Waals surface area contributed by atoms with E-state index in [1.54, 1.807) is 49.6 Å². The molecule has 0 aliphatic carbocycles. The highest BCUT2D eigenvalue weighted by Gasteiger charge is 2.33. The molecule has 0 amide bonds. The first-order chi connectivity index (χ1) is 18.4. The summed E-state index contributed by atoms with van der Waals surface area (Å²) < 4.78 is 45.3. The van der Waals surface area contributed by atoms with Gasteiger partial charge in [0.25, 0.3) is 0 Å². The van der Waals surface area contributed by atoms with Crippen LogP contribution < -0.4 is 9.46 Å². The van der Waals surface area contributed by atoms with Crippen molar-refractivity contribution in [1.82, 2.24) is 4.72 Å². The maximum Gasteiger partial charge on any atom is 0.335 e. The molecule has 8 nitrogen and oxygen atoms in total. The van der Waals surface area contributed by atoms with Crippen molar-refractivity contribution in [1.29, 1.82) is 0 Å². The average molecular weight is 556 g/mol. The molecule has 0 saturated heterocycles. The molecule has 0 aromatic heterocycles. The van der Waals surface area contributed by atoms with Crippen LogP contribution in [0.15, 0.2) is 88.7 Å². The van der Waals surface area contributed by atoms with Gasteiger partial charge < -0.3 is 19.3 Å². The lowest BCUT2D eigenvalue weighted by Crippen LogP contribution is -2.48. The summed E-state index contributed by atoms with van der Waals surface area (Å²) in [6.07, 6.45) is -1.55. The smallest absolute Gasteiger partial charge is 0.335 e. The molecule has 0 fully saturated rings. The number of benzene rings is 3. The van der Waals surface area contributed by atoms with E-state index in [2.05, 4.69) is 16.6 Å². The summed E-state index contributed by atoms with van der Waals surface area (Å²) in [5.41, 5.74) is 1.10. The van der Waals surface area contributed by atoms with Crippen LogP contribution in [0.4, 0.5) is 0 Å². The van der Waals surface area contributed by atoms with Crippen LogP contribution in [0.5, 0.6) is 5.75 Å². The van der Waals surface area contributed by atoms with Crippen molar-refractivity contribution in [3.63, 3.8) is 0 Å². The summed E-state index contributed by atoms with van der Waals surface area (Å²) in [5, 5.41) is 9.84. The monoisotopic (exact) mass is 555 g/mol. The van der Waals surface area contributed by atoms with Crippen molar-refractivity contribution < 1.29 is 32.5 Å². The molecule has 200 valence electrons. The predicted octanol–water partition coefficient (Wildman–Crippen LogP) is 3.92. The van der Waals surface area contributed by atoms with E-state index in [4.69, 9.17) is 14.2 Å². The zero-order chi connectivity index (χ0) is 27.4. The number of hydrogen-bond donors (Lipinski definition) is 2. The molecule has 3 rings (SSSR count). The van der Waals surface area contributed by atoms with Gasteiger partial charge in [0.15, 0.2) is 6.10 Å². The number of ether oxygens (including phenoxy) is 3. The molecule has 0 aliphatic heterocycles. The number of carboxylic acid groups (broad SMARTS) is 1. The second-order valence-electron chi connectivity index (χ2n) is 7.87. The summed E-state index contributed by atoms with van der Waals surface area (Å²) in [6, 6.07) is 21.6. The van der Waals surface area contributed by atoms with Crippen LogP contribution in [0.1, 0.15) is 0 Å². The number of carboxylic acids is 1. The van der Waals surface area contributed by atoms with Gasteiger partial charge in [-0.2, -0.15) is 4.72 Å². The number of methoxy groups -OCH3 is 2. The van der Waals surface area contributed by atoms with Crippen molar-refractivity contribution in [2.75, 3.05) is 33.2 Å². The predicted molar refractivity (Wildman–Crippen MR) is 147 cm³/mol. The van der Waals surface area contributed by atoms with Crippen molar-refractivity contribution in [3.05, 3.63) is 78.9 Å². The van der Waals surface area contributed by atoms with Gasteiger partial charge in [-0.3, -0.25) is 0 Å². The Morgan fingerprint density at radius 1 is 0.974 bits per heavy atom. The van der Waals surface area contributed by atoms with Crippen molar-refractivity contribution in [2.45, 2.75) is 21.9 Å². The fourth-order valence-electron chi connectivity index (χ4n) is 3.46. The van der Waals surface area contributed by atoms with E-state index in [0.717, 1.165) is 4.90 Å². The van der Waals surface area contributed by atoms with E-state index in [9.17, 15) is 18.3 Å². The first kappa shape index (κ1) is 29.2. The molecule has 0 radical (unpaired) electrons. The minimum absolute atomic E-state index is 0.0170. The highest BCUT2D eigenvalue weighted by atomic mass is 32.2. The maximum absolute atomic E-state index is 13.6. The third-order valence-electron chi connectivity index (χ3n) is 5.30. The molecule has 0 spiro atoms. The van der Waals surface area contributed by atoms with Crippen LogP contribution in [0, 0.1) is 11.8 Å². The van der Waals surface area contributed by atoms with Crippen LogP contribution in [0.3, 0.4) is 0 Å². The zero-order valence-corrected chi connectivity index (χ0v) is 22.6. The highest BCUT2D eigenvalue weighted by molar-refractivity contribution is 7.99. The van der Waals surface area contributed by atoms with E-state index in [0.29, 0.717) is 22.6 Å². The molecule has 0 heterocycles.